The summed E-state index contributed by atoms with van der Waals surface area (Å²) >= 11 is 0. The number of aryl methyl sites for hydroxylation is 1. The molecule has 2 aromatic rings. The zero-order chi connectivity index (χ0) is 15.1. The molecule has 0 saturated carbocycles. The molecule has 0 N–H and O–H groups in total. The van der Waals surface area contributed by atoms with Crippen molar-refractivity contribution in [3.05, 3.63) is 35.1 Å². The summed E-state index contributed by atoms with van der Waals surface area (Å²) in [6.45, 7) is 10.5. The van der Waals surface area contributed by atoms with Gasteiger partial charge in [0, 0.05) is 27.6 Å². The summed E-state index contributed by atoms with van der Waals surface area (Å²) in [5.41, 5.74) is 2.98. The maximum atomic E-state index is 2.67. The van der Waals surface area contributed by atoms with Gasteiger partial charge < -0.3 is 4.90 Å². The molecule has 0 amide bonds. The standard InChI is InChI=1S/C19H30NP.W/c1-4-6-11-20(12-7-5-2)13-10-17-15-21-19-14-16(3)8-9-18(17)19;/h8-9,14-15,21H,4-7,10-13H2,1-3H3;. The third-order valence-corrected chi connectivity index (χ3v) is 5.49. The topological polar surface area (TPSA) is 3.24 Å². The first-order chi connectivity index (χ1) is 10.2. The van der Waals surface area contributed by atoms with Crippen LogP contribution >= 0.6 is 8.19 Å². The molecular formula is C19H30NPW. The molecule has 122 valence electrons. The molecule has 0 bridgehead atoms. The van der Waals surface area contributed by atoms with E-state index in [0.717, 1.165) is 8.19 Å². The van der Waals surface area contributed by atoms with E-state index in [1.54, 1.807) is 10.7 Å². The summed E-state index contributed by atoms with van der Waals surface area (Å²) in [6.07, 6.45) is 6.49. The molecular weight excluding hydrogens is 457 g/mol. The van der Waals surface area contributed by atoms with Crippen molar-refractivity contribution >= 4 is 18.7 Å². The Morgan fingerprint density at radius 1 is 1.00 bits per heavy atom. The Hall–Kier alpha value is -0.0917. The molecule has 3 heteroatoms. The molecule has 0 aliphatic carbocycles. The second kappa shape index (κ2) is 10.6. The predicted octanol–water partition coefficient (Wildman–Crippen LogP) is 5.62. The van der Waals surface area contributed by atoms with Crippen LogP contribution in [0.2, 0.25) is 0 Å². The Kier molecular flexibility index (Phi) is 9.65. The molecule has 1 unspecified atom stereocenters. The Bertz CT molecular complexity index is 541. The fraction of sp³-hybridized carbons (Fsp3) is 0.579. The first-order valence-electron chi connectivity index (χ1n) is 8.53. The van der Waals surface area contributed by atoms with Gasteiger partial charge in [-0.15, -0.1) is 8.19 Å². The number of unbranched alkanes of at least 4 members (excludes halogenated alkanes) is 2. The largest absolute Gasteiger partial charge is 0.303 e. The molecule has 0 saturated heterocycles. The Morgan fingerprint density at radius 2 is 1.68 bits per heavy atom. The van der Waals surface area contributed by atoms with Gasteiger partial charge in [0.15, 0.2) is 0 Å². The zero-order valence-corrected chi connectivity index (χ0v) is 18.3. The summed E-state index contributed by atoms with van der Waals surface area (Å²) in [7, 11) is 0.881. The minimum absolute atomic E-state index is 0. The van der Waals surface area contributed by atoms with Gasteiger partial charge in [-0.25, -0.2) is 0 Å². The second-order valence-corrected chi connectivity index (χ2v) is 7.28. The van der Waals surface area contributed by atoms with E-state index in [4.69, 9.17) is 0 Å². The van der Waals surface area contributed by atoms with Gasteiger partial charge in [0.05, 0.1) is 0 Å². The van der Waals surface area contributed by atoms with Gasteiger partial charge >= 0.3 is 0 Å². The fourth-order valence-electron chi connectivity index (χ4n) is 2.88. The normalized spacial score (nSPS) is 11.5. The molecule has 0 spiro atoms. The van der Waals surface area contributed by atoms with Crippen LogP contribution in [0.5, 0.6) is 0 Å². The van der Waals surface area contributed by atoms with Crippen LogP contribution in [0.15, 0.2) is 24.0 Å². The molecule has 1 nitrogen and oxygen atoms in total. The molecule has 0 aliphatic heterocycles. The zero-order valence-electron chi connectivity index (χ0n) is 14.3. The van der Waals surface area contributed by atoms with E-state index >= 15 is 0 Å². The van der Waals surface area contributed by atoms with Crippen LogP contribution in [0.4, 0.5) is 0 Å². The summed E-state index contributed by atoms with van der Waals surface area (Å²) in [6, 6.07) is 6.95. The van der Waals surface area contributed by atoms with Crippen molar-refractivity contribution in [2.24, 2.45) is 0 Å². The van der Waals surface area contributed by atoms with Crippen molar-refractivity contribution in [3.8, 4) is 0 Å². The number of hydrogen-bond acceptors (Lipinski definition) is 1. The van der Waals surface area contributed by atoms with Gasteiger partial charge in [0.25, 0.3) is 0 Å². The second-order valence-electron chi connectivity index (χ2n) is 6.16. The monoisotopic (exact) mass is 487 g/mol. The first kappa shape index (κ1) is 20.0. The molecule has 0 fully saturated rings. The number of benzene rings is 1. The minimum atomic E-state index is 0. The van der Waals surface area contributed by atoms with E-state index < -0.39 is 0 Å². The summed E-state index contributed by atoms with van der Waals surface area (Å²) in [4.78, 5) is 2.67. The first-order valence-corrected chi connectivity index (χ1v) is 9.61. The number of rotatable bonds is 9. The van der Waals surface area contributed by atoms with Crippen molar-refractivity contribution < 1.29 is 21.1 Å². The van der Waals surface area contributed by atoms with Crippen LogP contribution in [-0.2, 0) is 27.5 Å². The van der Waals surface area contributed by atoms with Crippen LogP contribution in [0.3, 0.4) is 0 Å². The summed E-state index contributed by atoms with van der Waals surface area (Å²) in [5, 5.41) is 3.07. The SMILES string of the molecule is CCCCN(CCCC)CCc1c[pH]c2cc(C)ccc12.[W]. The Balaban J connectivity index is 0.00000242. The molecule has 1 heterocycles. The minimum Gasteiger partial charge on any atom is -0.303 e. The number of nitrogens with zero attached hydrogens (tertiary/aromatic N) is 1. The van der Waals surface area contributed by atoms with Gasteiger partial charge in [0.1, 0.15) is 0 Å². The molecule has 0 radical (unpaired) electrons. The van der Waals surface area contributed by atoms with Crippen LogP contribution in [-0.4, -0.2) is 24.5 Å². The van der Waals surface area contributed by atoms with Gasteiger partial charge in [-0.3, -0.25) is 0 Å². The van der Waals surface area contributed by atoms with Gasteiger partial charge in [-0.1, -0.05) is 44.4 Å². The Labute approximate surface area is 152 Å². The fourth-order valence-corrected chi connectivity index (χ4v) is 4.22. The summed E-state index contributed by atoms with van der Waals surface area (Å²) < 4.78 is 0. The summed E-state index contributed by atoms with van der Waals surface area (Å²) in [5.74, 6) is 2.47. The van der Waals surface area contributed by atoms with Crippen molar-refractivity contribution in [2.45, 2.75) is 52.9 Å². The van der Waals surface area contributed by atoms with Crippen molar-refractivity contribution in [3.63, 3.8) is 0 Å². The molecule has 0 aliphatic rings. The predicted molar refractivity (Wildman–Crippen MR) is 98.1 cm³/mol. The van der Waals surface area contributed by atoms with E-state index in [9.17, 15) is 0 Å². The molecule has 22 heavy (non-hydrogen) atoms. The Morgan fingerprint density at radius 3 is 2.32 bits per heavy atom. The van der Waals surface area contributed by atoms with Crippen LogP contribution in [0.1, 0.15) is 50.7 Å². The average molecular weight is 487 g/mol. The maximum absolute atomic E-state index is 2.67. The van der Waals surface area contributed by atoms with Crippen LogP contribution < -0.4 is 0 Å². The molecule has 1 aromatic heterocycles. The van der Waals surface area contributed by atoms with Crippen molar-refractivity contribution in [2.75, 3.05) is 19.6 Å². The number of fused-ring (bicyclic) bond motifs is 1. The van der Waals surface area contributed by atoms with E-state index in [1.807, 2.05) is 0 Å². The van der Waals surface area contributed by atoms with Gasteiger partial charge in [0.2, 0.25) is 0 Å². The van der Waals surface area contributed by atoms with E-state index in [0.29, 0.717) is 0 Å². The molecule has 1 atom stereocenters. The van der Waals surface area contributed by atoms with Gasteiger partial charge in [-0.05, 0) is 67.2 Å². The van der Waals surface area contributed by atoms with E-state index in [2.05, 4.69) is 49.7 Å². The van der Waals surface area contributed by atoms with Crippen LogP contribution in [0, 0.1) is 6.92 Å². The van der Waals surface area contributed by atoms with Crippen LogP contribution in [0.25, 0.3) is 10.5 Å². The third kappa shape index (κ3) is 5.84. The smallest absolute Gasteiger partial charge is 0.00222 e. The van der Waals surface area contributed by atoms with Gasteiger partial charge in [-0.2, -0.15) is 0 Å². The van der Waals surface area contributed by atoms with Crippen molar-refractivity contribution in [1.82, 2.24) is 4.90 Å². The third-order valence-electron chi connectivity index (χ3n) is 4.28. The van der Waals surface area contributed by atoms with E-state index in [-0.39, 0.29) is 21.1 Å². The van der Waals surface area contributed by atoms with Crippen molar-refractivity contribution in [1.29, 1.82) is 0 Å². The molecule has 2 rings (SSSR count). The van der Waals surface area contributed by atoms with E-state index in [1.165, 1.54) is 62.7 Å². The quantitative estimate of drug-likeness (QED) is 0.444. The molecule has 1 aromatic carbocycles. The number of hydrogen-bond donors (Lipinski definition) is 0. The average Bonchev–Trinajstić information content (AvgIpc) is 2.88. The maximum Gasteiger partial charge on any atom is 0.00222 e.